The maximum Gasteiger partial charge on any atom is 0.461 e. The number of rotatable bonds is 39. The summed E-state index contributed by atoms with van der Waals surface area (Å²) in [7, 11) is -2.84. The van der Waals surface area contributed by atoms with Crippen LogP contribution in [0, 0.1) is 0 Å². The third-order valence-electron chi connectivity index (χ3n) is 10.1. The highest BCUT2D eigenvalue weighted by Crippen LogP contribution is 2.22. The standard InChI is InChI=1S/C43H86O4Si/c1-5-8-11-14-16-18-20-22-24-26-28-30-32-34-36-39-42(44)46-48(4,41-38-13-10-7-3)47-43(45)40-37-35-33-31-29-27-25-23-21-19-17-15-12-9-6-2/h5-41H2,1-4H3. The van der Waals surface area contributed by atoms with E-state index in [-0.39, 0.29) is 11.9 Å². The second-order valence-electron chi connectivity index (χ2n) is 15.3. The van der Waals surface area contributed by atoms with Crippen LogP contribution in [0.5, 0.6) is 0 Å². The van der Waals surface area contributed by atoms with Crippen LogP contribution in [0.2, 0.25) is 12.6 Å². The molecule has 0 heterocycles. The second-order valence-corrected chi connectivity index (χ2v) is 18.5. The highest BCUT2D eigenvalue weighted by Gasteiger charge is 2.38. The molecule has 4 nitrogen and oxygen atoms in total. The number of unbranched alkanes of at least 4 members (excludes halogenated alkanes) is 31. The summed E-state index contributed by atoms with van der Waals surface area (Å²) >= 11 is 0. The van der Waals surface area contributed by atoms with Crippen molar-refractivity contribution in [3.8, 4) is 0 Å². The molecule has 0 aromatic carbocycles. The normalized spacial score (nSPS) is 11.7. The van der Waals surface area contributed by atoms with E-state index >= 15 is 0 Å². The molecule has 0 spiro atoms. The first-order valence-corrected chi connectivity index (χ1v) is 24.4. The fraction of sp³-hybridized carbons (Fsp3) is 0.953. The molecule has 286 valence electrons. The topological polar surface area (TPSA) is 52.6 Å². The zero-order valence-electron chi connectivity index (χ0n) is 33.3. The zero-order chi connectivity index (χ0) is 35.2. The van der Waals surface area contributed by atoms with Crippen molar-refractivity contribution in [3.63, 3.8) is 0 Å². The van der Waals surface area contributed by atoms with Gasteiger partial charge in [0.2, 0.25) is 0 Å². The van der Waals surface area contributed by atoms with Gasteiger partial charge in [-0.05, 0) is 19.3 Å². The summed E-state index contributed by atoms with van der Waals surface area (Å²) < 4.78 is 12.0. The van der Waals surface area contributed by atoms with Gasteiger partial charge in [0, 0.05) is 25.4 Å². The van der Waals surface area contributed by atoms with Crippen LogP contribution >= 0.6 is 0 Å². The van der Waals surface area contributed by atoms with Crippen LogP contribution in [0.4, 0.5) is 0 Å². The van der Waals surface area contributed by atoms with Crippen LogP contribution in [0.15, 0.2) is 0 Å². The molecular weight excluding hydrogens is 609 g/mol. The molecule has 0 amide bonds. The highest BCUT2D eigenvalue weighted by molar-refractivity contribution is 6.69. The summed E-state index contributed by atoms with van der Waals surface area (Å²) in [5, 5.41) is 0. The van der Waals surface area contributed by atoms with Gasteiger partial charge >= 0.3 is 8.56 Å². The molecule has 0 aliphatic rings. The second kappa shape index (κ2) is 37.4. The summed E-state index contributed by atoms with van der Waals surface area (Å²) in [6, 6.07) is 0.724. The Balaban J connectivity index is 4.00. The van der Waals surface area contributed by atoms with E-state index in [0.717, 1.165) is 51.0 Å². The quantitative estimate of drug-likeness (QED) is 0.0475. The Morgan fingerprint density at radius 1 is 0.333 bits per heavy atom. The average molecular weight is 695 g/mol. The van der Waals surface area contributed by atoms with E-state index in [9.17, 15) is 9.59 Å². The van der Waals surface area contributed by atoms with E-state index in [0.29, 0.717) is 12.8 Å². The molecule has 48 heavy (non-hydrogen) atoms. The van der Waals surface area contributed by atoms with Crippen LogP contribution in [0.25, 0.3) is 0 Å². The molecule has 0 saturated heterocycles. The van der Waals surface area contributed by atoms with Crippen molar-refractivity contribution in [1.29, 1.82) is 0 Å². The van der Waals surface area contributed by atoms with Crippen molar-refractivity contribution in [2.45, 2.75) is 265 Å². The predicted molar refractivity (Wildman–Crippen MR) is 212 cm³/mol. The molecule has 0 aliphatic carbocycles. The first-order valence-electron chi connectivity index (χ1n) is 21.9. The minimum Gasteiger partial charge on any atom is -0.485 e. The molecule has 0 atom stereocenters. The van der Waals surface area contributed by atoms with Gasteiger partial charge in [0.15, 0.2) is 0 Å². The Bertz CT molecular complexity index is 634. The molecule has 0 unspecified atom stereocenters. The van der Waals surface area contributed by atoms with Gasteiger partial charge in [-0.2, -0.15) is 0 Å². The van der Waals surface area contributed by atoms with E-state index < -0.39 is 8.56 Å². The van der Waals surface area contributed by atoms with E-state index in [1.54, 1.807) is 0 Å². The van der Waals surface area contributed by atoms with E-state index in [1.807, 2.05) is 6.55 Å². The number of hydrogen-bond acceptors (Lipinski definition) is 4. The molecule has 5 heteroatoms. The molecule has 0 aromatic heterocycles. The van der Waals surface area contributed by atoms with Crippen LogP contribution in [-0.2, 0) is 18.4 Å². The lowest BCUT2D eigenvalue weighted by molar-refractivity contribution is -0.141. The Kier molecular flexibility index (Phi) is 36.8. The van der Waals surface area contributed by atoms with Crippen molar-refractivity contribution >= 4 is 20.5 Å². The van der Waals surface area contributed by atoms with Gasteiger partial charge in [-0.3, -0.25) is 9.59 Å². The van der Waals surface area contributed by atoms with Gasteiger partial charge < -0.3 is 8.85 Å². The van der Waals surface area contributed by atoms with Crippen molar-refractivity contribution in [1.82, 2.24) is 0 Å². The monoisotopic (exact) mass is 695 g/mol. The zero-order valence-corrected chi connectivity index (χ0v) is 34.3. The Labute approximate surface area is 302 Å². The summed E-state index contributed by atoms with van der Waals surface area (Å²) in [5.74, 6) is -0.316. The van der Waals surface area contributed by atoms with Gasteiger partial charge in [-0.1, -0.05) is 220 Å². The summed E-state index contributed by atoms with van der Waals surface area (Å²) in [4.78, 5) is 25.6. The minimum absolute atomic E-state index is 0.158. The van der Waals surface area contributed by atoms with Crippen LogP contribution in [-0.4, -0.2) is 20.5 Å². The van der Waals surface area contributed by atoms with Crippen LogP contribution in [0.1, 0.15) is 252 Å². The minimum atomic E-state index is -2.84. The van der Waals surface area contributed by atoms with Gasteiger partial charge in [-0.25, -0.2) is 0 Å². The third-order valence-corrected chi connectivity index (χ3v) is 12.7. The third kappa shape index (κ3) is 35.0. The van der Waals surface area contributed by atoms with Crippen LogP contribution < -0.4 is 0 Å². The molecule has 0 aliphatic heterocycles. The number of carbonyl (C=O) groups is 2. The summed E-state index contributed by atoms with van der Waals surface area (Å²) in [6.07, 6.45) is 44.7. The number of carbonyl (C=O) groups excluding carboxylic acids is 2. The van der Waals surface area contributed by atoms with Gasteiger partial charge in [0.1, 0.15) is 0 Å². The van der Waals surface area contributed by atoms with E-state index in [2.05, 4.69) is 20.8 Å². The fourth-order valence-corrected chi connectivity index (χ4v) is 9.17. The molecular formula is C43H86O4Si. The SMILES string of the molecule is CCCCCCCCCCCCCCCCCC(=O)O[Si](C)(CCCCCC)OC(=O)CCCCCCCCCCCCCCCCC. The largest absolute Gasteiger partial charge is 0.485 e. The Morgan fingerprint density at radius 3 is 0.792 bits per heavy atom. The summed E-state index contributed by atoms with van der Waals surface area (Å²) in [5.41, 5.74) is 0. The smallest absolute Gasteiger partial charge is 0.461 e. The summed E-state index contributed by atoms with van der Waals surface area (Å²) in [6.45, 7) is 8.70. The first-order chi connectivity index (χ1) is 23.5. The maximum atomic E-state index is 12.8. The lowest BCUT2D eigenvalue weighted by atomic mass is 10.0. The molecule has 0 radical (unpaired) electrons. The van der Waals surface area contributed by atoms with Crippen molar-refractivity contribution in [2.24, 2.45) is 0 Å². The molecule has 0 N–H and O–H groups in total. The van der Waals surface area contributed by atoms with Crippen LogP contribution in [0.3, 0.4) is 0 Å². The molecule has 0 bridgehead atoms. The lowest BCUT2D eigenvalue weighted by Crippen LogP contribution is -2.42. The lowest BCUT2D eigenvalue weighted by Gasteiger charge is -2.26. The number of hydrogen-bond donors (Lipinski definition) is 0. The molecule has 0 aromatic rings. The Hall–Kier alpha value is -0.843. The molecule has 0 saturated carbocycles. The van der Waals surface area contributed by atoms with Crippen molar-refractivity contribution < 1.29 is 18.4 Å². The van der Waals surface area contributed by atoms with E-state index in [4.69, 9.17) is 8.85 Å². The average Bonchev–Trinajstić information content (AvgIpc) is 3.06. The predicted octanol–water partition coefficient (Wildman–Crippen LogP) is 15.2. The van der Waals surface area contributed by atoms with E-state index in [1.165, 1.54) is 173 Å². The highest BCUT2D eigenvalue weighted by atomic mass is 28.4. The fourth-order valence-electron chi connectivity index (χ4n) is 6.86. The molecule has 0 fully saturated rings. The first kappa shape index (κ1) is 47.2. The van der Waals surface area contributed by atoms with Gasteiger partial charge in [-0.15, -0.1) is 0 Å². The van der Waals surface area contributed by atoms with Gasteiger partial charge in [0.25, 0.3) is 11.9 Å². The molecule has 0 rings (SSSR count). The van der Waals surface area contributed by atoms with Crippen molar-refractivity contribution in [3.05, 3.63) is 0 Å². The van der Waals surface area contributed by atoms with Gasteiger partial charge in [0.05, 0.1) is 0 Å². The van der Waals surface area contributed by atoms with Crippen molar-refractivity contribution in [2.75, 3.05) is 0 Å². The maximum absolute atomic E-state index is 12.8. The Morgan fingerprint density at radius 2 is 0.542 bits per heavy atom.